The first-order valence-corrected chi connectivity index (χ1v) is 7.74. The molecule has 1 aromatic rings. The summed E-state index contributed by atoms with van der Waals surface area (Å²) in [4.78, 5) is 0. The fourth-order valence-electron chi connectivity index (χ4n) is 3.37. The fraction of sp³-hybridized carbons (Fsp3) is 0.647. The third kappa shape index (κ3) is 3.30. The lowest BCUT2D eigenvalue weighted by Gasteiger charge is -2.32. The SMILES string of the molecule is COc1cccc(C2CCCCC2CNC2CC2)c1. The number of hydrogen-bond acceptors (Lipinski definition) is 2. The molecule has 0 aromatic heterocycles. The second-order valence-corrected chi connectivity index (χ2v) is 6.11. The zero-order valence-electron chi connectivity index (χ0n) is 11.9. The Morgan fingerprint density at radius 2 is 2.00 bits per heavy atom. The van der Waals surface area contributed by atoms with Crippen molar-refractivity contribution in [3.05, 3.63) is 29.8 Å². The van der Waals surface area contributed by atoms with Gasteiger partial charge in [0.25, 0.3) is 0 Å². The fourth-order valence-corrected chi connectivity index (χ4v) is 3.37. The molecule has 0 bridgehead atoms. The molecule has 2 atom stereocenters. The molecular formula is C17H25NO. The molecule has 2 heteroatoms. The number of benzene rings is 1. The van der Waals surface area contributed by atoms with Gasteiger partial charge in [0, 0.05) is 6.04 Å². The van der Waals surface area contributed by atoms with Crippen LogP contribution in [-0.4, -0.2) is 19.7 Å². The molecule has 2 unspecified atom stereocenters. The van der Waals surface area contributed by atoms with Crippen LogP contribution in [0.25, 0.3) is 0 Å². The van der Waals surface area contributed by atoms with Crippen molar-refractivity contribution in [3.8, 4) is 5.75 Å². The van der Waals surface area contributed by atoms with Crippen LogP contribution in [0.2, 0.25) is 0 Å². The molecule has 1 N–H and O–H groups in total. The molecule has 0 amide bonds. The van der Waals surface area contributed by atoms with E-state index in [-0.39, 0.29) is 0 Å². The van der Waals surface area contributed by atoms with Crippen molar-refractivity contribution in [2.24, 2.45) is 5.92 Å². The van der Waals surface area contributed by atoms with Crippen LogP contribution in [0.3, 0.4) is 0 Å². The van der Waals surface area contributed by atoms with E-state index in [0.29, 0.717) is 0 Å². The van der Waals surface area contributed by atoms with E-state index in [0.717, 1.165) is 23.6 Å². The first-order chi connectivity index (χ1) is 9.36. The zero-order chi connectivity index (χ0) is 13.1. The number of nitrogens with one attached hydrogen (secondary N) is 1. The van der Waals surface area contributed by atoms with Crippen molar-refractivity contribution in [1.29, 1.82) is 0 Å². The Kier molecular flexibility index (Phi) is 4.07. The molecular weight excluding hydrogens is 234 g/mol. The Morgan fingerprint density at radius 1 is 1.16 bits per heavy atom. The summed E-state index contributed by atoms with van der Waals surface area (Å²) < 4.78 is 5.37. The lowest BCUT2D eigenvalue weighted by Crippen LogP contribution is -2.30. The number of rotatable bonds is 5. The molecule has 0 aliphatic heterocycles. The number of methoxy groups -OCH3 is 1. The molecule has 0 heterocycles. The van der Waals surface area contributed by atoms with E-state index in [9.17, 15) is 0 Å². The highest BCUT2D eigenvalue weighted by Gasteiger charge is 2.29. The van der Waals surface area contributed by atoms with Crippen LogP contribution in [0.15, 0.2) is 24.3 Å². The standard InChI is InChI=1S/C17H25NO/c1-19-16-7-4-6-13(11-16)17-8-3-2-5-14(17)12-18-15-9-10-15/h4,6-7,11,14-15,17-18H,2-3,5,8-10,12H2,1H3. The molecule has 3 rings (SSSR count). The van der Waals surface area contributed by atoms with E-state index < -0.39 is 0 Å². The van der Waals surface area contributed by atoms with E-state index in [1.165, 1.54) is 50.6 Å². The lowest BCUT2D eigenvalue weighted by atomic mass is 9.75. The molecule has 0 saturated heterocycles. The van der Waals surface area contributed by atoms with E-state index in [1.807, 2.05) is 6.07 Å². The lowest BCUT2D eigenvalue weighted by molar-refractivity contribution is 0.294. The third-order valence-electron chi connectivity index (χ3n) is 4.68. The Labute approximate surface area is 116 Å². The van der Waals surface area contributed by atoms with Crippen molar-refractivity contribution in [2.75, 3.05) is 13.7 Å². The average Bonchev–Trinajstić information content (AvgIpc) is 3.30. The van der Waals surface area contributed by atoms with Crippen molar-refractivity contribution in [3.63, 3.8) is 0 Å². The van der Waals surface area contributed by atoms with E-state index in [4.69, 9.17) is 4.74 Å². The largest absolute Gasteiger partial charge is 0.497 e. The minimum absolute atomic E-state index is 0.718. The molecule has 0 radical (unpaired) electrons. The summed E-state index contributed by atoms with van der Waals surface area (Å²) in [7, 11) is 1.76. The Balaban J connectivity index is 1.70. The summed E-state index contributed by atoms with van der Waals surface area (Å²) in [5.41, 5.74) is 1.47. The molecule has 2 aliphatic rings. The normalized spacial score (nSPS) is 27.2. The quantitative estimate of drug-likeness (QED) is 0.870. The first-order valence-electron chi connectivity index (χ1n) is 7.74. The maximum Gasteiger partial charge on any atom is 0.119 e. The highest BCUT2D eigenvalue weighted by molar-refractivity contribution is 5.31. The van der Waals surface area contributed by atoms with Crippen molar-refractivity contribution < 1.29 is 4.74 Å². The summed E-state index contributed by atoms with van der Waals surface area (Å²) in [6.07, 6.45) is 8.26. The summed E-state index contributed by atoms with van der Waals surface area (Å²) >= 11 is 0. The van der Waals surface area contributed by atoms with Crippen LogP contribution in [0.4, 0.5) is 0 Å². The average molecular weight is 259 g/mol. The van der Waals surface area contributed by atoms with Gasteiger partial charge >= 0.3 is 0 Å². The molecule has 2 saturated carbocycles. The molecule has 104 valence electrons. The van der Waals surface area contributed by atoms with Crippen LogP contribution in [0.1, 0.15) is 50.0 Å². The zero-order valence-corrected chi connectivity index (χ0v) is 11.9. The van der Waals surface area contributed by atoms with Gasteiger partial charge in [-0.1, -0.05) is 25.0 Å². The molecule has 1 aromatic carbocycles. The molecule has 2 nitrogen and oxygen atoms in total. The van der Waals surface area contributed by atoms with Crippen LogP contribution in [0.5, 0.6) is 5.75 Å². The minimum Gasteiger partial charge on any atom is -0.497 e. The van der Waals surface area contributed by atoms with E-state index in [2.05, 4.69) is 23.5 Å². The van der Waals surface area contributed by atoms with Gasteiger partial charge in [-0.2, -0.15) is 0 Å². The number of ether oxygens (including phenoxy) is 1. The van der Waals surface area contributed by atoms with Crippen LogP contribution in [-0.2, 0) is 0 Å². The highest BCUT2D eigenvalue weighted by atomic mass is 16.5. The third-order valence-corrected chi connectivity index (χ3v) is 4.68. The van der Waals surface area contributed by atoms with Gasteiger partial charge in [0.1, 0.15) is 5.75 Å². The first kappa shape index (κ1) is 13.0. The maximum absolute atomic E-state index is 5.37. The Hall–Kier alpha value is -1.02. The van der Waals surface area contributed by atoms with Crippen LogP contribution in [0, 0.1) is 5.92 Å². The van der Waals surface area contributed by atoms with Gasteiger partial charge in [-0.25, -0.2) is 0 Å². The second-order valence-electron chi connectivity index (χ2n) is 6.11. The second kappa shape index (κ2) is 5.96. The number of hydrogen-bond donors (Lipinski definition) is 1. The predicted octanol–water partition coefficient (Wildman–Crippen LogP) is 3.72. The smallest absolute Gasteiger partial charge is 0.119 e. The molecule has 2 aliphatic carbocycles. The van der Waals surface area contributed by atoms with E-state index in [1.54, 1.807) is 7.11 Å². The summed E-state index contributed by atoms with van der Waals surface area (Å²) in [6, 6.07) is 9.52. The Bertz CT molecular complexity index is 413. The highest BCUT2D eigenvalue weighted by Crippen LogP contribution is 2.38. The summed E-state index contributed by atoms with van der Waals surface area (Å²) in [5, 5.41) is 3.72. The van der Waals surface area contributed by atoms with Gasteiger partial charge < -0.3 is 10.1 Å². The van der Waals surface area contributed by atoms with Gasteiger partial charge in [-0.3, -0.25) is 0 Å². The molecule has 19 heavy (non-hydrogen) atoms. The van der Waals surface area contributed by atoms with Crippen molar-refractivity contribution in [1.82, 2.24) is 5.32 Å². The van der Waals surface area contributed by atoms with Gasteiger partial charge in [-0.15, -0.1) is 0 Å². The summed E-state index contributed by atoms with van der Waals surface area (Å²) in [5.74, 6) is 2.52. The Morgan fingerprint density at radius 3 is 2.79 bits per heavy atom. The summed E-state index contributed by atoms with van der Waals surface area (Å²) in [6.45, 7) is 1.20. The molecule has 0 spiro atoms. The van der Waals surface area contributed by atoms with Crippen LogP contribution >= 0.6 is 0 Å². The van der Waals surface area contributed by atoms with Crippen LogP contribution < -0.4 is 10.1 Å². The predicted molar refractivity (Wildman–Crippen MR) is 78.7 cm³/mol. The van der Waals surface area contributed by atoms with Gasteiger partial charge in [0.15, 0.2) is 0 Å². The van der Waals surface area contributed by atoms with Gasteiger partial charge in [0.2, 0.25) is 0 Å². The van der Waals surface area contributed by atoms with Gasteiger partial charge in [-0.05, 0) is 61.8 Å². The molecule has 2 fully saturated rings. The van der Waals surface area contributed by atoms with Gasteiger partial charge in [0.05, 0.1) is 7.11 Å². The minimum atomic E-state index is 0.718. The monoisotopic (exact) mass is 259 g/mol. The topological polar surface area (TPSA) is 21.3 Å². The van der Waals surface area contributed by atoms with Crippen molar-refractivity contribution in [2.45, 2.75) is 50.5 Å². The maximum atomic E-state index is 5.37. The van der Waals surface area contributed by atoms with E-state index >= 15 is 0 Å². The van der Waals surface area contributed by atoms with Crippen molar-refractivity contribution >= 4 is 0 Å².